The quantitative estimate of drug-likeness (QED) is 0.748. The molecule has 3 heteroatoms. The molecule has 0 saturated carbocycles. The van der Waals surface area contributed by atoms with Crippen molar-refractivity contribution >= 4 is 5.71 Å². The number of hydrogen-bond donors (Lipinski definition) is 1. The van der Waals surface area contributed by atoms with Crippen LogP contribution in [0.25, 0.3) is 0 Å². The Morgan fingerprint density at radius 2 is 2.33 bits per heavy atom. The number of rotatable bonds is 5. The second kappa shape index (κ2) is 5.91. The lowest BCUT2D eigenvalue weighted by Gasteiger charge is -2.25. The molecule has 0 aromatic rings. The van der Waals surface area contributed by atoms with Gasteiger partial charge in [0.15, 0.2) is 0 Å². The molecule has 0 aliphatic carbocycles. The van der Waals surface area contributed by atoms with Crippen molar-refractivity contribution in [3.05, 3.63) is 11.8 Å². The molecule has 0 spiro atoms. The van der Waals surface area contributed by atoms with Crippen molar-refractivity contribution in [3.63, 3.8) is 0 Å². The highest BCUT2D eigenvalue weighted by Gasteiger charge is 2.09. The summed E-state index contributed by atoms with van der Waals surface area (Å²) in [6.45, 7) is 7.09. The van der Waals surface area contributed by atoms with Crippen molar-refractivity contribution in [2.24, 2.45) is 16.6 Å². The van der Waals surface area contributed by atoms with E-state index in [1.54, 1.807) is 0 Å². The Hall–Kier alpha value is -0.830. The van der Waals surface area contributed by atoms with E-state index in [9.17, 15) is 0 Å². The standard InChI is InChI=1S/C12H23N3/c1-10(9-13)5-7-15(3)12-4-6-14-11(2)8-12/h8,10H,4-7,9,13H2,1-3H3. The minimum atomic E-state index is 0.617. The Morgan fingerprint density at radius 3 is 2.93 bits per heavy atom. The number of aliphatic imine (C=N–C) groups is 1. The van der Waals surface area contributed by atoms with Crippen molar-refractivity contribution < 1.29 is 0 Å². The maximum absolute atomic E-state index is 5.61. The highest BCUT2D eigenvalue weighted by atomic mass is 15.1. The van der Waals surface area contributed by atoms with Crippen molar-refractivity contribution in [3.8, 4) is 0 Å². The highest BCUT2D eigenvalue weighted by Crippen LogP contribution is 2.13. The van der Waals surface area contributed by atoms with Crippen molar-refractivity contribution in [1.82, 2.24) is 4.90 Å². The Kier molecular flexibility index (Phi) is 4.82. The first-order chi connectivity index (χ1) is 7.13. The Labute approximate surface area is 93.1 Å². The van der Waals surface area contributed by atoms with Crippen LogP contribution in [-0.2, 0) is 0 Å². The van der Waals surface area contributed by atoms with Crippen LogP contribution in [-0.4, -0.2) is 37.3 Å². The summed E-state index contributed by atoms with van der Waals surface area (Å²) in [5, 5.41) is 0. The van der Waals surface area contributed by atoms with Gasteiger partial charge in [0, 0.05) is 38.0 Å². The third-order valence-electron chi connectivity index (χ3n) is 2.95. The minimum Gasteiger partial charge on any atom is -0.378 e. The van der Waals surface area contributed by atoms with Gasteiger partial charge in [0.05, 0.1) is 0 Å². The van der Waals surface area contributed by atoms with Gasteiger partial charge in [-0.25, -0.2) is 0 Å². The van der Waals surface area contributed by atoms with E-state index in [1.165, 1.54) is 12.1 Å². The van der Waals surface area contributed by atoms with Crippen LogP contribution in [0.4, 0.5) is 0 Å². The Bertz CT molecular complexity index is 256. The van der Waals surface area contributed by atoms with Gasteiger partial charge in [-0.3, -0.25) is 4.99 Å². The molecule has 86 valence electrons. The summed E-state index contributed by atoms with van der Waals surface area (Å²) in [6, 6.07) is 0. The molecule has 1 rings (SSSR count). The van der Waals surface area contributed by atoms with Crippen LogP contribution in [0.2, 0.25) is 0 Å². The van der Waals surface area contributed by atoms with Crippen LogP contribution in [0.5, 0.6) is 0 Å². The second-order valence-corrected chi connectivity index (χ2v) is 4.46. The summed E-state index contributed by atoms with van der Waals surface area (Å²) in [5.74, 6) is 0.617. The Morgan fingerprint density at radius 1 is 1.60 bits per heavy atom. The third kappa shape index (κ3) is 4.04. The fourth-order valence-corrected chi connectivity index (χ4v) is 1.68. The second-order valence-electron chi connectivity index (χ2n) is 4.46. The number of nitrogens with two attached hydrogens (primary N) is 1. The molecular formula is C12H23N3. The smallest absolute Gasteiger partial charge is 0.0447 e. The largest absolute Gasteiger partial charge is 0.378 e. The van der Waals surface area contributed by atoms with Crippen LogP contribution in [0.15, 0.2) is 16.8 Å². The molecule has 1 heterocycles. The molecule has 1 unspecified atom stereocenters. The molecule has 1 aliphatic rings. The monoisotopic (exact) mass is 209 g/mol. The van der Waals surface area contributed by atoms with Crippen LogP contribution < -0.4 is 5.73 Å². The lowest BCUT2D eigenvalue weighted by atomic mass is 10.1. The Balaban J connectivity index is 2.40. The molecule has 0 radical (unpaired) electrons. The average molecular weight is 209 g/mol. The van der Waals surface area contributed by atoms with Gasteiger partial charge in [0.1, 0.15) is 0 Å². The first-order valence-electron chi connectivity index (χ1n) is 5.76. The average Bonchev–Trinajstić information content (AvgIpc) is 2.25. The summed E-state index contributed by atoms with van der Waals surface area (Å²) < 4.78 is 0. The summed E-state index contributed by atoms with van der Waals surface area (Å²) in [7, 11) is 2.16. The zero-order chi connectivity index (χ0) is 11.3. The SMILES string of the molecule is CC1=NCCC(N(C)CCC(C)CN)=C1. The zero-order valence-corrected chi connectivity index (χ0v) is 10.2. The summed E-state index contributed by atoms with van der Waals surface area (Å²) in [4.78, 5) is 6.71. The summed E-state index contributed by atoms with van der Waals surface area (Å²) in [6.07, 6.45) is 4.43. The summed E-state index contributed by atoms with van der Waals surface area (Å²) in [5.41, 5.74) is 8.16. The molecule has 2 N–H and O–H groups in total. The maximum atomic E-state index is 5.61. The molecule has 0 saturated heterocycles. The number of nitrogens with zero attached hydrogens (tertiary/aromatic N) is 2. The van der Waals surface area contributed by atoms with Gasteiger partial charge in [0.2, 0.25) is 0 Å². The molecule has 1 aliphatic heterocycles. The van der Waals surface area contributed by atoms with E-state index in [1.807, 2.05) is 0 Å². The minimum absolute atomic E-state index is 0.617. The van der Waals surface area contributed by atoms with E-state index < -0.39 is 0 Å². The van der Waals surface area contributed by atoms with Gasteiger partial charge in [0.25, 0.3) is 0 Å². The van der Waals surface area contributed by atoms with E-state index >= 15 is 0 Å². The van der Waals surface area contributed by atoms with Crippen LogP contribution >= 0.6 is 0 Å². The van der Waals surface area contributed by atoms with E-state index in [-0.39, 0.29) is 0 Å². The fraction of sp³-hybridized carbons (Fsp3) is 0.750. The summed E-state index contributed by atoms with van der Waals surface area (Å²) >= 11 is 0. The number of allylic oxidation sites excluding steroid dienone is 1. The van der Waals surface area contributed by atoms with Crippen molar-refractivity contribution in [2.45, 2.75) is 26.7 Å². The van der Waals surface area contributed by atoms with Gasteiger partial charge >= 0.3 is 0 Å². The van der Waals surface area contributed by atoms with Crippen LogP contribution in [0, 0.1) is 5.92 Å². The number of hydrogen-bond acceptors (Lipinski definition) is 3. The normalized spacial score (nSPS) is 18.1. The van der Waals surface area contributed by atoms with Gasteiger partial charge in [-0.1, -0.05) is 6.92 Å². The van der Waals surface area contributed by atoms with E-state index in [2.05, 4.69) is 36.9 Å². The first-order valence-corrected chi connectivity index (χ1v) is 5.76. The number of dihydropyridines is 1. The fourth-order valence-electron chi connectivity index (χ4n) is 1.68. The van der Waals surface area contributed by atoms with Crippen molar-refractivity contribution in [2.75, 3.05) is 26.7 Å². The first kappa shape index (κ1) is 12.2. The maximum Gasteiger partial charge on any atom is 0.0447 e. The van der Waals surface area contributed by atoms with Gasteiger partial charge in [-0.05, 0) is 31.9 Å². The van der Waals surface area contributed by atoms with Gasteiger partial charge in [-0.15, -0.1) is 0 Å². The molecule has 0 aromatic carbocycles. The molecule has 0 aromatic heterocycles. The molecule has 0 fully saturated rings. The van der Waals surface area contributed by atoms with E-state index in [0.29, 0.717) is 5.92 Å². The molecule has 3 nitrogen and oxygen atoms in total. The molecule has 15 heavy (non-hydrogen) atoms. The molecule has 1 atom stereocenters. The highest BCUT2D eigenvalue weighted by molar-refractivity contribution is 5.93. The lowest BCUT2D eigenvalue weighted by molar-refractivity contribution is 0.360. The zero-order valence-electron chi connectivity index (χ0n) is 10.2. The molecular weight excluding hydrogens is 186 g/mol. The lowest BCUT2D eigenvalue weighted by Crippen LogP contribution is -2.25. The van der Waals surface area contributed by atoms with Crippen molar-refractivity contribution in [1.29, 1.82) is 0 Å². The van der Waals surface area contributed by atoms with Gasteiger partial charge in [-0.2, -0.15) is 0 Å². The van der Waals surface area contributed by atoms with Crippen LogP contribution in [0.1, 0.15) is 26.7 Å². The third-order valence-corrected chi connectivity index (χ3v) is 2.95. The predicted octanol–water partition coefficient (Wildman–Crippen LogP) is 1.65. The van der Waals surface area contributed by atoms with E-state index in [0.717, 1.165) is 31.8 Å². The topological polar surface area (TPSA) is 41.6 Å². The van der Waals surface area contributed by atoms with E-state index in [4.69, 9.17) is 5.73 Å². The van der Waals surface area contributed by atoms with Gasteiger partial charge < -0.3 is 10.6 Å². The molecule has 0 bridgehead atoms. The molecule has 0 amide bonds. The predicted molar refractivity (Wildman–Crippen MR) is 66.1 cm³/mol. The van der Waals surface area contributed by atoms with Crippen LogP contribution in [0.3, 0.4) is 0 Å².